The summed E-state index contributed by atoms with van der Waals surface area (Å²) in [6.45, 7) is 6.52. The number of rotatable bonds is 6. The average Bonchev–Trinajstić information content (AvgIpc) is 2.77. The van der Waals surface area contributed by atoms with Gasteiger partial charge in [0.2, 0.25) is 0 Å². The summed E-state index contributed by atoms with van der Waals surface area (Å²) in [7, 11) is 0. The van der Waals surface area contributed by atoms with Crippen molar-refractivity contribution < 1.29 is 0 Å². The van der Waals surface area contributed by atoms with E-state index in [9.17, 15) is 0 Å². The van der Waals surface area contributed by atoms with Crippen LogP contribution in [0.15, 0.2) is 40.7 Å². The molecule has 1 unspecified atom stereocenters. The lowest BCUT2D eigenvalue weighted by molar-refractivity contribution is 0.297. The maximum Gasteiger partial charge on any atom is 0.0923 e. The predicted molar refractivity (Wildman–Crippen MR) is 74.4 cm³/mol. The van der Waals surface area contributed by atoms with Crippen LogP contribution in [-0.4, -0.2) is 24.1 Å². The van der Waals surface area contributed by atoms with Crippen LogP contribution in [0.4, 0.5) is 0 Å². The van der Waals surface area contributed by atoms with Gasteiger partial charge in [0.15, 0.2) is 0 Å². The molecule has 2 rings (SSSR count). The second-order valence-electron chi connectivity index (χ2n) is 5.49. The van der Waals surface area contributed by atoms with Crippen LogP contribution in [0.25, 0.3) is 0 Å². The Morgan fingerprint density at radius 2 is 2.06 bits per heavy atom. The summed E-state index contributed by atoms with van der Waals surface area (Å²) in [6, 6.07) is 11.1. The maximum absolute atomic E-state index is 4.33. The summed E-state index contributed by atoms with van der Waals surface area (Å²) in [5, 5.41) is 10.7. The van der Waals surface area contributed by atoms with Crippen molar-refractivity contribution in [3.63, 3.8) is 0 Å². The van der Waals surface area contributed by atoms with Crippen LogP contribution >= 0.6 is 0 Å². The summed E-state index contributed by atoms with van der Waals surface area (Å²) >= 11 is 0. The highest BCUT2D eigenvalue weighted by Crippen LogP contribution is 2.16. The van der Waals surface area contributed by atoms with E-state index < -0.39 is 0 Å². The van der Waals surface area contributed by atoms with E-state index in [0.717, 1.165) is 32.4 Å². The van der Waals surface area contributed by atoms with Gasteiger partial charge >= 0.3 is 0 Å². The molecular formula is C15H23N3. The van der Waals surface area contributed by atoms with E-state index in [-0.39, 0.29) is 0 Å². The smallest absolute Gasteiger partial charge is 0.0923 e. The van der Waals surface area contributed by atoms with Gasteiger partial charge in [-0.1, -0.05) is 49.4 Å². The molecule has 1 atom stereocenters. The maximum atomic E-state index is 4.33. The molecule has 0 saturated carbocycles. The van der Waals surface area contributed by atoms with Gasteiger partial charge in [0, 0.05) is 6.54 Å². The molecular weight excluding hydrogens is 222 g/mol. The number of benzene rings is 1. The summed E-state index contributed by atoms with van der Waals surface area (Å²) in [5.41, 5.74) is 1.41. The molecule has 3 heteroatoms. The van der Waals surface area contributed by atoms with Crippen LogP contribution in [0.2, 0.25) is 0 Å². The van der Waals surface area contributed by atoms with Crippen LogP contribution in [0.3, 0.4) is 0 Å². The third-order valence-electron chi connectivity index (χ3n) is 3.23. The fraction of sp³-hybridized carbons (Fsp3) is 0.600. The SMILES string of the molecule is CC(C)CC1CN(CCCc2ccccc2)N=N1. The zero-order chi connectivity index (χ0) is 12.8. The number of hydrogen-bond acceptors (Lipinski definition) is 3. The van der Waals surface area contributed by atoms with E-state index in [2.05, 4.69) is 59.5 Å². The van der Waals surface area contributed by atoms with Gasteiger partial charge in [-0.3, -0.25) is 5.01 Å². The molecule has 1 aliphatic heterocycles. The fourth-order valence-corrected chi connectivity index (χ4v) is 2.37. The van der Waals surface area contributed by atoms with Gasteiger partial charge in [-0.25, -0.2) is 0 Å². The first-order valence-electron chi connectivity index (χ1n) is 6.93. The molecule has 18 heavy (non-hydrogen) atoms. The minimum Gasteiger partial charge on any atom is -0.277 e. The van der Waals surface area contributed by atoms with Gasteiger partial charge in [0.1, 0.15) is 0 Å². The highest BCUT2D eigenvalue weighted by molar-refractivity contribution is 5.14. The van der Waals surface area contributed by atoms with Crippen LogP contribution in [-0.2, 0) is 6.42 Å². The number of aryl methyl sites for hydroxylation is 1. The topological polar surface area (TPSA) is 28.0 Å². The van der Waals surface area contributed by atoms with Crippen molar-refractivity contribution in [3.05, 3.63) is 35.9 Å². The standard InChI is InChI=1S/C15H23N3/c1-13(2)11-15-12-18(17-16-15)10-6-9-14-7-4-3-5-8-14/h3-5,7-8,13,15H,6,9-12H2,1-2H3. The van der Waals surface area contributed by atoms with E-state index in [1.807, 2.05) is 0 Å². The molecule has 0 spiro atoms. The molecule has 0 bridgehead atoms. The molecule has 0 aliphatic carbocycles. The summed E-state index contributed by atoms with van der Waals surface area (Å²) in [4.78, 5) is 0. The van der Waals surface area contributed by atoms with Crippen LogP contribution < -0.4 is 0 Å². The van der Waals surface area contributed by atoms with Crippen LogP contribution in [0.5, 0.6) is 0 Å². The van der Waals surface area contributed by atoms with Crippen molar-refractivity contribution in [3.8, 4) is 0 Å². The molecule has 1 aliphatic rings. The molecule has 98 valence electrons. The van der Waals surface area contributed by atoms with E-state index >= 15 is 0 Å². The van der Waals surface area contributed by atoms with E-state index in [0.29, 0.717) is 12.0 Å². The molecule has 0 aromatic heterocycles. The van der Waals surface area contributed by atoms with Crippen molar-refractivity contribution >= 4 is 0 Å². The summed E-state index contributed by atoms with van der Waals surface area (Å²) in [6.07, 6.45) is 3.43. The highest BCUT2D eigenvalue weighted by atomic mass is 15.6. The van der Waals surface area contributed by atoms with E-state index in [1.54, 1.807) is 0 Å². The Bertz CT molecular complexity index is 373. The lowest BCUT2D eigenvalue weighted by atomic mass is 10.0. The number of nitrogens with zero attached hydrogens (tertiary/aromatic N) is 3. The Balaban J connectivity index is 1.66. The van der Waals surface area contributed by atoms with Crippen LogP contribution in [0.1, 0.15) is 32.3 Å². The molecule has 0 amide bonds. The first kappa shape index (κ1) is 13.1. The number of hydrogen-bond donors (Lipinski definition) is 0. The minimum absolute atomic E-state index is 0.418. The van der Waals surface area contributed by atoms with Gasteiger partial charge in [-0.2, -0.15) is 5.11 Å². The second kappa shape index (κ2) is 6.53. The first-order chi connectivity index (χ1) is 8.74. The van der Waals surface area contributed by atoms with Crippen molar-refractivity contribution in [2.24, 2.45) is 16.3 Å². The molecule has 1 heterocycles. The summed E-state index contributed by atoms with van der Waals surface area (Å²) in [5.74, 6) is 0.707. The van der Waals surface area contributed by atoms with Gasteiger partial charge in [-0.15, -0.1) is 0 Å². The molecule has 0 fully saturated rings. The van der Waals surface area contributed by atoms with E-state index in [4.69, 9.17) is 0 Å². The third-order valence-corrected chi connectivity index (χ3v) is 3.23. The first-order valence-corrected chi connectivity index (χ1v) is 6.93. The minimum atomic E-state index is 0.418. The zero-order valence-corrected chi connectivity index (χ0v) is 11.4. The Morgan fingerprint density at radius 3 is 2.78 bits per heavy atom. The van der Waals surface area contributed by atoms with Gasteiger partial charge in [0.05, 0.1) is 12.6 Å². The molecule has 0 saturated heterocycles. The molecule has 1 aromatic rings. The quantitative estimate of drug-likeness (QED) is 0.750. The fourth-order valence-electron chi connectivity index (χ4n) is 2.37. The van der Waals surface area contributed by atoms with E-state index in [1.165, 1.54) is 5.56 Å². The normalized spacial score (nSPS) is 18.8. The molecule has 3 nitrogen and oxygen atoms in total. The van der Waals surface area contributed by atoms with Gasteiger partial charge in [-0.05, 0) is 30.7 Å². The lowest BCUT2D eigenvalue weighted by Gasteiger charge is -2.14. The largest absolute Gasteiger partial charge is 0.277 e. The van der Waals surface area contributed by atoms with Crippen LogP contribution in [0, 0.1) is 5.92 Å². The van der Waals surface area contributed by atoms with Crippen molar-refractivity contribution in [2.75, 3.05) is 13.1 Å². The molecule has 0 radical (unpaired) electrons. The van der Waals surface area contributed by atoms with Gasteiger partial charge in [0.25, 0.3) is 0 Å². The Morgan fingerprint density at radius 1 is 1.28 bits per heavy atom. The highest BCUT2D eigenvalue weighted by Gasteiger charge is 2.19. The second-order valence-corrected chi connectivity index (χ2v) is 5.49. The molecule has 0 N–H and O–H groups in total. The average molecular weight is 245 g/mol. The summed E-state index contributed by atoms with van der Waals surface area (Å²) < 4.78 is 0. The van der Waals surface area contributed by atoms with Crippen molar-refractivity contribution in [1.82, 2.24) is 5.01 Å². The zero-order valence-electron chi connectivity index (χ0n) is 11.4. The van der Waals surface area contributed by atoms with Crippen molar-refractivity contribution in [1.29, 1.82) is 0 Å². The van der Waals surface area contributed by atoms with Crippen molar-refractivity contribution in [2.45, 2.75) is 39.2 Å². The monoisotopic (exact) mass is 245 g/mol. The Labute approximate surface area is 110 Å². The Hall–Kier alpha value is -1.38. The Kier molecular flexibility index (Phi) is 4.73. The lowest BCUT2D eigenvalue weighted by Crippen LogP contribution is -2.23. The van der Waals surface area contributed by atoms with Gasteiger partial charge < -0.3 is 0 Å². The molecule has 1 aromatic carbocycles. The third kappa shape index (κ3) is 4.13. The predicted octanol–water partition coefficient (Wildman–Crippen LogP) is 3.72.